The number of carbonyl (C=O) groups is 1. The van der Waals surface area contributed by atoms with Gasteiger partial charge in [0.1, 0.15) is 5.75 Å². The Morgan fingerprint density at radius 2 is 1.97 bits per heavy atom. The van der Waals surface area contributed by atoms with E-state index in [-0.39, 0.29) is 24.1 Å². The molecule has 1 aromatic carbocycles. The average Bonchev–Trinajstić information content (AvgIpc) is 3.30. The van der Waals surface area contributed by atoms with Crippen LogP contribution in [0.25, 0.3) is 10.7 Å². The zero-order chi connectivity index (χ0) is 23.7. The topological polar surface area (TPSA) is 120 Å². The maximum atomic E-state index is 12.2. The minimum atomic E-state index is -0.0755. The van der Waals surface area contributed by atoms with Gasteiger partial charge in [-0.2, -0.15) is 15.0 Å². The van der Waals surface area contributed by atoms with Crippen LogP contribution < -0.4 is 15.4 Å². The van der Waals surface area contributed by atoms with Gasteiger partial charge in [0.15, 0.2) is 11.0 Å². The lowest BCUT2D eigenvalue weighted by Crippen LogP contribution is -2.53. The number of nitrogens with zero attached hydrogens (tertiary/aromatic N) is 6. The fourth-order valence-corrected chi connectivity index (χ4v) is 5.01. The summed E-state index contributed by atoms with van der Waals surface area (Å²) in [7, 11) is 3.44. The normalized spacial score (nSPS) is 20.0. The third-order valence-corrected chi connectivity index (χ3v) is 6.88. The molecule has 0 radical (unpaired) electrons. The number of amides is 1. The van der Waals surface area contributed by atoms with Crippen molar-refractivity contribution in [3.63, 3.8) is 0 Å². The van der Waals surface area contributed by atoms with E-state index in [1.54, 1.807) is 44.6 Å². The zero-order valence-corrected chi connectivity index (χ0v) is 20.0. The summed E-state index contributed by atoms with van der Waals surface area (Å²) >= 11 is 1.31. The number of nitrogens with two attached hydrogens (primary N) is 1. The molecule has 11 heteroatoms. The van der Waals surface area contributed by atoms with E-state index in [4.69, 9.17) is 20.2 Å². The number of anilines is 2. The third-order valence-electron chi connectivity index (χ3n) is 6.05. The Balaban J connectivity index is 1.47. The second kappa shape index (κ2) is 9.51. The van der Waals surface area contributed by atoms with E-state index in [0.717, 1.165) is 24.1 Å². The Labute approximate surface area is 201 Å². The number of rotatable bonds is 5. The molecule has 1 saturated carbocycles. The molecule has 0 unspecified atom stereocenters. The standard InChI is InChI=1S/C23H27N7O3S/c1-29(2)20(31)14-7-9-15(10-8-14)33-23-27-19(18-13-25-21(24)34-18)26-22(28-23)30-11-12-32-17-6-4-3-5-16(17)30/h7-10,13,16-17H,3-6,11-12H2,1-2H3,(H2,24,25)/t16-,17-/m1/s1. The molecule has 1 aliphatic carbocycles. The zero-order valence-electron chi connectivity index (χ0n) is 19.2. The van der Waals surface area contributed by atoms with Crippen molar-refractivity contribution >= 4 is 28.3 Å². The molecule has 2 fully saturated rings. The molecule has 2 N–H and O–H groups in total. The van der Waals surface area contributed by atoms with Gasteiger partial charge in [-0.25, -0.2) is 4.98 Å². The summed E-state index contributed by atoms with van der Waals surface area (Å²) in [5.74, 6) is 1.48. The first-order chi connectivity index (χ1) is 16.5. The fourth-order valence-electron chi connectivity index (χ4n) is 4.40. The molecule has 0 bridgehead atoms. The van der Waals surface area contributed by atoms with Crippen LogP contribution in [0.4, 0.5) is 11.1 Å². The van der Waals surface area contributed by atoms with Crippen molar-refractivity contribution in [3.8, 4) is 22.5 Å². The molecule has 2 aliphatic rings. The summed E-state index contributed by atoms with van der Waals surface area (Å²) in [5.41, 5.74) is 6.43. The molecular formula is C23H27N7O3S. The van der Waals surface area contributed by atoms with Gasteiger partial charge in [-0.3, -0.25) is 4.79 Å². The lowest BCUT2D eigenvalue weighted by molar-refractivity contribution is -0.00936. The Bertz CT molecular complexity index is 1170. The summed E-state index contributed by atoms with van der Waals surface area (Å²) in [5, 5.41) is 0.444. The lowest BCUT2D eigenvalue weighted by Gasteiger charge is -2.43. The Hall–Kier alpha value is -3.31. The van der Waals surface area contributed by atoms with E-state index in [0.29, 0.717) is 41.4 Å². The molecular weight excluding hydrogens is 454 g/mol. The van der Waals surface area contributed by atoms with Crippen molar-refractivity contribution in [1.82, 2.24) is 24.8 Å². The largest absolute Gasteiger partial charge is 0.424 e. The second-order valence-corrected chi connectivity index (χ2v) is 9.65. The van der Waals surface area contributed by atoms with Gasteiger partial charge in [-0.05, 0) is 37.1 Å². The van der Waals surface area contributed by atoms with Crippen molar-refractivity contribution < 1.29 is 14.3 Å². The number of hydrogen-bond acceptors (Lipinski definition) is 10. The van der Waals surface area contributed by atoms with Gasteiger partial charge in [0.25, 0.3) is 5.91 Å². The van der Waals surface area contributed by atoms with Gasteiger partial charge in [-0.1, -0.05) is 24.2 Å². The van der Waals surface area contributed by atoms with Crippen LogP contribution in [0.1, 0.15) is 36.0 Å². The molecule has 1 saturated heterocycles. The molecule has 0 spiro atoms. The molecule has 3 heterocycles. The van der Waals surface area contributed by atoms with Crippen LogP contribution in [0.5, 0.6) is 11.8 Å². The second-order valence-electron chi connectivity index (χ2n) is 8.58. The molecule has 3 aromatic rings. The predicted molar refractivity (Wildman–Crippen MR) is 129 cm³/mol. The van der Waals surface area contributed by atoms with E-state index in [9.17, 15) is 4.79 Å². The van der Waals surface area contributed by atoms with Gasteiger partial charge >= 0.3 is 6.01 Å². The number of hydrogen-bond donors (Lipinski definition) is 1. The predicted octanol–water partition coefficient (Wildman–Crippen LogP) is 3.22. The van der Waals surface area contributed by atoms with Gasteiger partial charge in [0.2, 0.25) is 5.95 Å². The van der Waals surface area contributed by atoms with Crippen LogP contribution in [0.2, 0.25) is 0 Å². The molecule has 2 atom stereocenters. The first kappa shape index (κ1) is 22.5. The minimum absolute atomic E-state index is 0.0755. The van der Waals surface area contributed by atoms with Crippen LogP contribution in [-0.2, 0) is 4.74 Å². The minimum Gasteiger partial charge on any atom is -0.424 e. The number of ether oxygens (including phenoxy) is 2. The number of morpholine rings is 1. The van der Waals surface area contributed by atoms with Crippen LogP contribution in [-0.4, -0.2) is 70.1 Å². The van der Waals surface area contributed by atoms with E-state index in [2.05, 4.69) is 19.9 Å². The SMILES string of the molecule is CN(C)C(=O)c1ccc(Oc2nc(-c3cnc(N)s3)nc(N3CCO[C@@H]4CCCC[C@H]43)n2)cc1. The maximum absolute atomic E-state index is 12.2. The maximum Gasteiger partial charge on any atom is 0.327 e. The van der Waals surface area contributed by atoms with Gasteiger partial charge in [0, 0.05) is 26.2 Å². The quantitative estimate of drug-likeness (QED) is 0.586. The van der Waals surface area contributed by atoms with E-state index >= 15 is 0 Å². The highest BCUT2D eigenvalue weighted by molar-refractivity contribution is 7.18. The molecule has 1 aliphatic heterocycles. The van der Waals surface area contributed by atoms with E-state index in [1.807, 2.05) is 0 Å². The summed E-state index contributed by atoms with van der Waals surface area (Å²) in [4.78, 5) is 34.8. The van der Waals surface area contributed by atoms with Crippen molar-refractivity contribution in [3.05, 3.63) is 36.0 Å². The Morgan fingerprint density at radius 1 is 1.18 bits per heavy atom. The number of thiazole rings is 1. The van der Waals surface area contributed by atoms with Crippen molar-refractivity contribution in [1.29, 1.82) is 0 Å². The first-order valence-corrected chi connectivity index (χ1v) is 12.1. The number of nitrogen functional groups attached to an aromatic ring is 1. The number of carbonyl (C=O) groups excluding carboxylic acids is 1. The molecule has 1 amide bonds. The number of benzene rings is 1. The highest BCUT2D eigenvalue weighted by Crippen LogP contribution is 2.33. The molecule has 10 nitrogen and oxygen atoms in total. The molecule has 178 valence electrons. The highest BCUT2D eigenvalue weighted by atomic mass is 32.1. The lowest BCUT2D eigenvalue weighted by atomic mass is 9.90. The van der Waals surface area contributed by atoms with Crippen LogP contribution in [0.15, 0.2) is 30.5 Å². The van der Waals surface area contributed by atoms with Crippen molar-refractivity contribution in [2.45, 2.75) is 37.8 Å². The number of aromatic nitrogens is 4. The molecule has 34 heavy (non-hydrogen) atoms. The molecule has 5 rings (SSSR count). The summed E-state index contributed by atoms with van der Waals surface area (Å²) in [6.45, 7) is 1.34. The Morgan fingerprint density at radius 3 is 2.71 bits per heavy atom. The van der Waals surface area contributed by atoms with Crippen LogP contribution in [0.3, 0.4) is 0 Å². The summed E-state index contributed by atoms with van der Waals surface area (Å²) < 4.78 is 12.0. The number of fused-ring (bicyclic) bond motifs is 1. The summed E-state index contributed by atoms with van der Waals surface area (Å²) in [6.07, 6.45) is 6.27. The fraction of sp³-hybridized carbons (Fsp3) is 0.435. The van der Waals surface area contributed by atoms with Gasteiger partial charge < -0.3 is 25.0 Å². The monoisotopic (exact) mass is 481 g/mol. The highest BCUT2D eigenvalue weighted by Gasteiger charge is 2.36. The van der Waals surface area contributed by atoms with Crippen molar-refractivity contribution in [2.24, 2.45) is 0 Å². The van der Waals surface area contributed by atoms with Crippen molar-refractivity contribution in [2.75, 3.05) is 37.9 Å². The van der Waals surface area contributed by atoms with E-state index < -0.39 is 0 Å². The van der Waals surface area contributed by atoms with Crippen LogP contribution >= 0.6 is 11.3 Å². The third kappa shape index (κ3) is 4.66. The first-order valence-electron chi connectivity index (χ1n) is 11.3. The molecule has 2 aromatic heterocycles. The van der Waals surface area contributed by atoms with Crippen LogP contribution in [0, 0.1) is 0 Å². The average molecular weight is 482 g/mol. The smallest absolute Gasteiger partial charge is 0.327 e. The Kier molecular flexibility index (Phi) is 6.29. The summed E-state index contributed by atoms with van der Waals surface area (Å²) in [6, 6.07) is 7.32. The van der Waals surface area contributed by atoms with Gasteiger partial charge in [-0.15, -0.1) is 0 Å². The van der Waals surface area contributed by atoms with E-state index in [1.165, 1.54) is 22.7 Å². The van der Waals surface area contributed by atoms with Gasteiger partial charge in [0.05, 0.1) is 29.8 Å².